The molecule has 10 nitrogen and oxygen atoms in total. The molecule has 0 spiro atoms. The summed E-state index contributed by atoms with van der Waals surface area (Å²) in [4.78, 5) is 50.0. The molecule has 196 valence electrons. The molecule has 0 radical (unpaired) electrons. The van der Waals surface area contributed by atoms with Crippen molar-refractivity contribution in [2.75, 3.05) is 18.0 Å². The maximum atomic E-state index is 13.0. The highest BCUT2D eigenvalue weighted by atomic mass is 32.1. The lowest BCUT2D eigenvalue weighted by Crippen LogP contribution is -2.41. The van der Waals surface area contributed by atoms with Crippen LogP contribution in [0.4, 0.5) is 5.82 Å². The van der Waals surface area contributed by atoms with Crippen molar-refractivity contribution in [3.05, 3.63) is 71.1 Å². The molecule has 4 aromatic heterocycles. The van der Waals surface area contributed by atoms with Crippen molar-refractivity contribution in [2.45, 2.75) is 39.2 Å². The number of anilines is 1. The van der Waals surface area contributed by atoms with Crippen LogP contribution in [-0.4, -0.2) is 50.8 Å². The van der Waals surface area contributed by atoms with E-state index in [-0.39, 0.29) is 5.69 Å². The number of imidazole rings is 1. The normalized spacial score (nSPS) is 13.5. The van der Waals surface area contributed by atoms with E-state index >= 15 is 0 Å². The summed E-state index contributed by atoms with van der Waals surface area (Å²) >= 11 is 1.36. The van der Waals surface area contributed by atoms with Crippen molar-refractivity contribution < 1.29 is 19.1 Å². The minimum absolute atomic E-state index is 0.288. The molecule has 2 amide bonds. The predicted molar refractivity (Wildman–Crippen MR) is 144 cm³/mol. The number of hydrogen-bond acceptors (Lipinski definition) is 8. The number of ether oxygens (including phenoxy) is 1. The van der Waals surface area contributed by atoms with Gasteiger partial charge in [-0.3, -0.25) is 24.8 Å². The van der Waals surface area contributed by atoms with Gasteiger partial charge in [-0.2, -0.15) is 0 Å². The lowest BCUT2D eigenvalue weighted by molar-refractivity contribution is 0.00615. The number of thiophene rings is 1. The summed E-state index contributed by atoms with van der Waals surface area (Å²) in [5.74, 6) is -0.587. The number of hydrogen-bond donors (Lipinski definition) is 2. The first kappa shape index (κ1) is 25.4. The van der Waals surface area contributed by atoms with Crippen LogP contribution in [0, 0.1) is 0 Å². The summed E-state index contributed by atoms with van der Waals surface area (Å²) in [6, 6.07) is 8.79. The summed E-state index contributed by atoms with van der Waals surface area (Å²) in [7, 11) is 0. The Morgan fingerprint density at radius 3 is 2.45 bits per heavy atom. The van der Waals surface area contributed by atoms with E-state index in [0.717, 1.165) is 31.7 Å². The standard InChI is InChI=1S/C27H28N6O4S/c1-27(2,3)37-26(36)20-16-29-23-18(7-6-13-33(20)23)22-19(10-14-38-22)25(35)31-30-24(34)17-8-9-21(28-15-17)32-11-4-5-12-32/h6-10,13-16H,4-5,11-12H2,1-3H3,(H,30,34)(H,31,35). The third kappa shape index (κ3) is 5.23. The number of nitrogens with zero attached hydrogens (tertiary/aromatic N) is 4. The number of fused-ring (bicyclic) bond motifs is 1. The van der Waals surface area contributed by atoms with Gasteiger partial charge in [-0.15, -0.1) is 11.3 Å². The molecule has 4 aromatic rings. The third-order valence-electron chi connectivity index (χ3n) is 6.03. The van der Waals surface area contributed by atoms with Crippen LogP contribution in [0.3, 0.4) is 0 Å². The first-order valence-corrected chi connectivity index (χ1v) is 13.2. The summed E-state index contributed by atoms with van der Waals surface area (Å²) in [5, 5.41) is 1.79. The molecule has 11 heteroatoms. The third-order valence-corrected chi connectivity index (χ3v) is 6.98. The molecule has 5 rings (SSSR count). The lowest BCUT2D eigenvalue weighted by Gasteiger charge is -2.19. The van der Waals surface area contributed by atoms with Crippen LogP contribution in [0.5, 0.6) is 0 Å². The maximum Gasteiger partial charge on any atom is 0.357 e. The number of hydrazine groups is 1. The fourth-order valence-electron chi connectivity index (χ4n) is 4.27. The Bertz CT molecular complexity index is 1500. The van der Waals surface area contributed by atoms with E-state index in [1.807, 2.05) is 12.1 Å². The number of carbonyl (C=O) groups is 3. The summed E-state index contributed by atoms with van der Waals surface area (Å²) < 4.78 is 7.14. The highest BCUT2D eigenvalue weighted by molar-refractivity contribution is 7.14. The molecule has 5 heterocycles. The summed E-state index contributed by atoms with van der Waals surface area (Å²) in [6.07, 6.45) is 6.97. The number of aromatic nitrogens is 3. The van der Waals surface area contributed by atoms with Crippen molar-refractivity contribution in [3.63, 3.8) is 0 Å². The number of rotatable bonds is 5. The molecule has 0 atom stereocenters. The number of nitrogens with one attached hydrogen (secondary N) is 2. The molecule has 1 fully saturated rings. The first-order valence-electron chi connectivity index (χ1n) is 12.3. The average Bonchev–Trinajstić information content (AvgIpc) is 3.66. The van der Waals surface area contributed by atoms with Gasteiger partial charge in [0.25, 0.3) is 11.8 Å². The average molecular weight is 533 g/mol. The molecule has 1 aliphatic rings. The Morgan fingerprint density at radius 2 is 1.74 bits per heavy atom. The highest BCUT2D eigenvalue weighted by Crippen LogP contribution is 2.33. The minimum Gasteiger partial charge on any atom is -0.455 e. The van der Waals surface area contributed by atoms with E-state index < -0.39 is 23.4 Å². The van der Waals surface area contributed by atoms with E-state index in [1.54, 1.807) is 54.9 Å². The second-order valence-corrected chi connectivity index (χ2v) is 10.8. The van der Waals surface area contributed by atoms with E-state index in [4.69, 9.17) is 4.74 Å². The zero-order valence-electron chi connectivity index (χ0n) is 21.4. The van der Waals surface area contributed by atoms with Gasteiger partial charge in [0.15, 0.2) is 5.69 Å². The highest BCUT2D eigenvalue weighted by Gasteiger charge is 2.23. The van der Waals surface area contributed by atoms with Crippen LogP contribution in [-0.2, 0) is 4.74 Å². The van der Waals surface area contributed by atoms with Gasteiger partial charge in [-0.05, 0) is 69.3 Å². The van der Waals surface area contributed by atoms with Crippen molar-refractivity contribution in [1.29, 1.82) is 0 Å². The second kappa shape index (κ2) is 10.3. The Morgan fingerprint density at radius 1 is 0.974 bits per heavy atom. The Hall–Kier alpha value is -4.25. The Balaban J connectivity index is 1.31. The zero-order chi connectivity index (χ0) is 26.9. The smallest absolute Gasteiger partial charge is 0.357 e. The van der Waals surface area contributed by atoms with E-state index in [2.05, 4.69) is 25.7 Å². The zero-order valence-corrected chi connectivity index (χ0v) is 22.2. The van der Waals surface area contributed by atoms with Crippen LogP contribution >= 0.6 is 11.3 Å². The Kier molecular flexibility index (Phi) is 6.85. The van der Waals surface area contributed by atoms with Crippen LogP contribution in [0.25, 0.3) is 16.1 Å². The largest absolute Gasteiger partial charge is 0.455 e. The quantitative estimate of drug-likeness (QED) is 0.294. The van der Waals surface area contributed by atoms with Crippen LogP contribution in [0.1, 0.15) is 64.8 Å². The number of pyridine rings is 2. The molecule has 0 aliphatic carbocycles. The monoisotopic (exact) mass is 532 g/mol. The van der Waals surface area contributed by atoms with Crippen molar-refractivity contribution in [1.82, 2.24) is 25.2 Å². The molecule has 0 bridgehead atoms. The maximum absolute atomic E-state index is 13.0. The molecule has 2 N–H and O–H groups in total. The molecular weight excluding hydrogens is 504 g/mol. The summed E-state index contributed by atoms with van der Waals surface area (Å²) in [5.41, 5.74) is 6.50. The van der Waals surface area contributed by atoms with Gasteiger partial charge < -0.3 is 9.64 Å². The predicted octanol–water partition coefficient (Wildman–Crippen LogP) is 4.09. The molecule has 0 saturated carbocycles. The van der Waals surface area contributed by atoms with Crippen molar-refractivity contribution in [2.24, 2.45) is 0 Å². The van der Waals surface area contributed by atoms with Crippen LogP contribution in [0.15, 0.2) is 54.3 Å². The summed E-state index contributed by atoms with van der Waals surface area (Å²) in [6.45, 7) is 7.33. The SMILES string of the molecule is CC(C)(C)OC(=O)c1cnc2c(-c3sccc3C(=O)NNC(=O)c3ccc(N4CCCC4)nc3)cccn12. The van der Waals surface area contributed by atoms with Gasteiger partial charge in [0.1, 0.15) is 17.1 Å². The minimum atomic E-state index is -0.645. The van der Waals surface area contributed by atoms with Crippen molar-refractivity contribution >= 4 is 40.6 Å². The first-order chi connectivity index (χ1) is 18.2. The van der Waals surface area contributed by atoms with Gasteiger partial charge >= 0.3 is 5.97 Å². The van der Waals surface area contributed by atoms with Gasteiger partial charge in [-0.25, -0.2) is 14.8 Å². The lowest BCUT2D eigenvalue weighted by atomic mass is 10.1. The molecule has 1 saturated heterocycles. The van der Waals surface area contributed by atoms with E-state index in [0.29, 0.717) is 27.2 Å². The molecular formula is C27H28N6O4S. The van der Waals surface area contributed by atoms with Gasteiger partial charge in [0, 0.05) is 31.0 Å². The number of esters is 1. The molecule has 0 unspecified atom stereocenters. The fraction of sp³-hybridized carbons (Fsp3) is 0.296. The Labute approximate surface area is 223 Å². The van der Waals surface area contributed by atoms with Gasteiger partial charge in [-0.1, -0.05) is 0 Å². The molecule has 38 heavy (non-hydrogen) atoms. The fourth-order valence-corrected chi connectivity index (χ4v) is 5.19. The molecule has 0 aromatic carbocycles. The number of carbonyl (C=O) groups excluding carboxylic acids is 3. The number of amides is 2. The van der Waals surface area contributed by atoms with E-state index in [9.17, 15) is 14.4 Å². The van der Waals surface area contributed by atoms with Gasteiger partial charge in [0.05, 0.1) is 22.2 Å². The van der Waals surface area contributed by atoms with Crippen LogP contribution < -0.4 is 15.8 Å². The van der Waals surface area contributed by atoms with Crippen molar-refractivity contribution in [3.8, 4) is 10.4 Å². The van der Waals surface area contributed by atoms with E-state index in [1.165, 1.54) is 23.7 Å². The molecule has 1 aliphatic heterocycles. The van der Waals surface area contributed by atoms with Crippen LogP contribution in [0.2, 0.25) is 0 Å². The second-order valence-electron chi connectivity index (χ2n) is 9.93. The topological polar surface area (TPSA) is 118 Å². The van der Waals surface area contributed by atoms with Gasteiger partial charge in [0.2, 0.25) is 0 Å².